The summed E-state index contributed by atoms with van der Waals surface area (Å²) in [7, 11) is 0. The number of halogens is 1. The summed E-state index contributed by atoms with van der Waals surface area (Å²) in [5, 5.41) is 8.80. The summed E-state index contributed by atoms with van der Waals surface area (Å²) in [6.45, 7) is 2.09. The highest BCUT2D eigenvalue weighted by Crippen LogP contribution is 2.26. The van der Waals surface area contributed by atoms with Gasteiger partial charge in [-0.15, -0.1) is 10.2 Å². The second-order valence-electron chi connectivity index (χ2n) is 4.65. The number of rotatable bonds is 4. The average Bonchev–Trinajstić information content (AvgIpc) is 2.96. The molecule has 0 bridgehead atoms. The topological polar surface area (TPSA) is 38.9 Å². The third-order valence-corrected chi connectivity index (χ3v) is 4.59. The first-order valence-electron chi connectivity index (χ1n) is 6.48. The first kappa shape index (κ1) is 14.6. The Morgan fingerprint density at radius 2 is 1.71 bits per heavy atom. The van der Waals surface area contributed by atoms with Gasteiger partial charge in [0.05, 0.1) is 0 Å². The summed E-state index contributed by atoms with van der Waals surface area (Å²) in [5.41, 5.74) is 3.47. The molecule has 3 aromatic rings. The van der Waals surface area contributed by atoms with E-state index in [9.17, 15) is 0 Å². The lowest BCUT2D eigenvalue weighted by Gasteiger charge is -1.99. The van der Waals surface area contributed by atoms with Crippen molar-refractivity contribution in [3.8, 4) is 11.5 Å². The molecule has 0 saturated carbocycles. The molecule has 0 N–H and O–H groups in total. The van der Waals surface area contributed by atoms with Crippen LogP contribution in [0.25, 0.3) is 11.5 Å². The fraction of sp³-hybridized carbons (Fsp3) is 0.125. The smallest absolute Gasteiger partial charge is 0.277 e. The third-order valence-electron chi connectivity index (χ3n) is 2.98. The van der Waals surface area contributed by atoms with Crippen LogP contribution in [0.4, 0.5) is 0 Å². The Balaban J connectivity index is 1.67. The predicted molar refractivity (Wildman–Crippen MR) is 93.2 cm³/mol. The highest BCUT2D eigenvalue weighted by Gasteiger charge is 2.09. The molecule has 3 rings (SSSR count). The lowest BCUT2D eigenvalue weighted by atomic mass is 10.2. The molecule has 0 amide bonds. The molecule has 0 atom stereocenters. The molecule has 0 unspecified atom stereocenters. The molecule has 3 nitrogen and oxygen atoms in total. The Morgan fingerprint density at radius 3 is 2.43 bits per heavy atom. The summed E-state index contributed by atoms with van der Waals surface area (Å²) >= 11 is 3.83. The summed E-state index contributed by atoms with van der Waals surface area (Å²) in [6, 6.07) is 16.5. The monoisotopic (exact) mass is 408 g/mol. The van der Waals surface area contributed by atoms with Crippen LogP contribution in [0, 0.1) is 10.5 Å². The van der Waals surface area contributed by atoms with Gasteiger partial charge in [0, 0.05) is 14.9 Å². The van der Waals surface area contributed by atoms with Crippen molar-refractivity contribution in [2.24, 2.45) is 0 Å². The third kappa shape index (κ3) is 3.85. The number of nitrogens with zero attached hydrogens (tertiary/aromatic N) is 2. The van der Waals surface area contributed by atoms with E-state index in [0.717, 1.165) is 11.3 Å². The Kier molecular flexibility index (Phi) is 4.60. The number of thioether (sulfide) groups is 1. The minimum Gasteiger partial charge on any atom is -0.411 e. The van der Waals surface area contributed by atoms with Crippen LogP contribution in [0.1, 0.15) is 11.1 Å². The van der Waals surface area contributed by atoms with Crippen LogP contribution >= 0.6 is 34.4 Å². The molecule has 0 aliphatic rings. The molecular formula is C16H13IN2OS. The second kappa shape index (κ2) is 6.62. The average molecular weight is 408 g/mol. The zero-order valence-electron chi connectivity index (χ0n) is 11.4. The summed E-state index contributed by atoms with van der Waals surface area (Å²) in [4.78, 5) is 0. The molecule has 0 aliphatic carbocycles. The minimum absolute atomic E-state index is 0.567. The van der Waals surface area contributed by atoms with E-state index in [4.69, 9.17) is 4.42 Å². The van der Waals surface area contributed by atoms with E-state index in [1.807, 2.05) is 24.3 Å². The van der Waals surface area contributed by atoms with Crippen molar-refractivity contribution in [3.63, 3.8) is 0 Å². The molecule has 21 heavy (non-hydrogen) atoms. The quantitative estimate of drug-likeness (QED) is 0.453. The largest absolute Gasteiger partial charge is 0.411 e. The fourth-order valence-corrected chi connectivity index (χ4v) is 2.89. The number of aryl methyl sites for hydroxylation is 1. The van der Waals surface area contributed by atoms with Crippen LogP contribution in [0.2, 0.25) is 0 Å². The first-order chi connectivity index (χ1) is 10.2. The maximum atomic E-state index is 5.69. The normalized spacial score (nSPS) is 10.8. The molecule has 106 valence electrons. The number of benzene rings is 2. The molecule has 0 spiro atoms. The van der Waals surface area contributed by atoms with Gasteiger partial charge in [0.2, 0.25) is 5.89 Å². The molecule has 2 aromatic carbocycles. The van der Waals surface area contributed by atoms with Crippen molar-refractivity contribution < 1.29 is 4.42 Å². The van der Waals surface area contributed by atoms with E-state index in [-0.39, 0.29) is 0 Å². The Morgan fingerprint density at radius 1 is 1.00 bits per heavy atom. The Hall–Kier alpha value is -1.34. The van der Waals surface area contributed by atoms with Crippen LogP contribution in [-0.2, 0) is 5.75 Å². The zero-order chi connectivity index (χ0) is 14.7. The molecule has 0 radical (unpaired) electrons. The Labute approximate surface area is 141 Å². The van der Waals surface area contributed by atoms with Crippen molar-refractivity contribution in [1.29, 1.82) is 0 Å². The number of aromatic nitrogens is 2. The van der Waals surface area contributed by atoms with Gasteiger partial charge < -0.3 is 4.42 Å². The molecule has 1 aromatic heterocycles. The van der Waals surface area contributed by atoms with Gasteiger partial charge in [0.15, 0.2) is 0 Å². The molecule has 0 fully saturated rings. The van der Waals surface area contributed by atoms with E-state index in [0.29, 0.717) is 11.1 Å². The fourth-order valence-electron chi connectivity index (χ4n) is 1.81. The maximum absolute atomic E-state index is 5.69. The van der Waals surface area contributed by atoms with E-state index >= 15 is 0 Å². The number of hydrogen-bond acceptors (Lipinski definition) is 4. The lowest BCUT2D eigenvalue weighted by Crippen LogP contribution is -1.81. The van der Waals surface area contributed by atoms with Crippen LogP contribution in [0.5, 0.6) is 0 Å². The van der Waals surface area contributed by atoms with Crippen molar-refractivity contribution in [1.82, 2.24) is 10.2 Å². The van der Waals surface area contributed by atoms with Crippen molar-refractivity contribution in [3.05, 3.63) is 63.2 Å². The van der Waals surface area contributed by atoms with Crippen LogP contribution in [0.15, 0.2) is 58.2 Å². The van der Waals surface area contributed by atoms with E-state index in [1.165, 1.54) is 14.7 Å². The first-order valence-corrected chi connectivity index (χ1v) is 8.55. The lowest BCUT2D eigenvalue weighted by molar-refractivity contribution is 0.466. The SMILES string of the molecule is Cc1ccc(CSc2nnc(-c3ccc(I)cc3)o2)cc1. The van der Waals surface area contributed by atoms with Crippen LogP contribution in [0.3, 0.4) is 0 Å². The van der Waals surface area contributed by atoms with E-state index < -0.39 is 0 Å². The molecule has 1 heterocycles. The van der Waals surface area contributed by atoms with Gasteiger partial charge in [0.1, 0.15) is 0 Å². The van der Waals surface area contributed by atoms with Crippen LogP contribution in [-0.4, -0.2) is 10.2 Å². The maximum Gasteiger partial charge on any atom is 0.277 e. The van der Waals surface area contributed by atoms with Gasteiger partial charge in [0.25, 0.3) is 5.22 Å². The minimum atomic E-state index is 0.567. The number of hydrogen-bond donors (Lipinski definition) is 0. The Bertz CT molecular complexity index is 723. The molecule has 0 aliphatic heterocycles. The van der Waals surface area contributed by atoms with Gasteiger partial charge >= 0.3 is 0 Å². The highest BCUT2D eigenvalue weighted by molar-refractivity contribution is 14.1. The molecular weight excluding hydrogens is 395 g/mol. The van der Waals surface area contributed by atoms with Gasteiger partial charge in [-0.05, 0) is 59.3 Å². The van der Waals surface area contributed by atoms with Gasteiger partial charge in [-0.25, -0.2) is 0 Å². The van der Waals surface area contributed by atoms with E-state index in [1.54, 1.807) is 11.8 Å². The standard InChI is InChI=1S/C16H13IN2OS/c1-11-2-4-12(5-3-11)10-21-16-19-18-15(20-16)13-6-8-14(17)9-7-13/h2-9H,10H2,1H3. The highest BCUT2D eigenvalue weighted by atomic mass is 127. The van der Waals surface area contributed by atoms with Crippen LogP contribution < -0.4 is 0 Å². The molecule has 5 heteroatoms. The van der Waals surface area contributed by atoms with Crippen molar-refractivity contribution in [2.45, 2.75) is 17.9 Å². The van der Waals surface area contributed by atoms with Gasteiger partial charge in [-0.1, -0.05) is 41.6 Å². The summed E-state index contributed by atoms with van der Waals surface area (Å²) in [6.07, 6.45) is 0. The van der Waals surface area contributed by atoms with Crippen molar-refractivity contribution >= 4 is 34.4 Å². The van der Waals surface area contributed by atoms with E-state index in [2.05, 4.69) is 64.0 Å². The summed E-state index contributed by atoms with van der Waals surface area (Å²) in [5.74, 6) is 1.40. The second-order valence-corrected chi connectivity index (χ2v) is 6.83. The summed E-state index contributed by atoms with van der Waals surface area (Å²) < 4.78 is 6.88. The van der Waals surface area contributed by atoms with Gasteiger partial charge in [-0.2, -0.15) is 0 Å². The molecule has 0 saturated heterocycles. The zero-order valence-corrected chi connectivity index (χ0v) is 14.4. The predicted octanol–water partition coefficient (Wildman–Crippen LogP) is 4.94. The van der Waals surface area contributed by atoms with Gasteiger partial charge in [-0.3, -0.25) is 0 Å². The van der Waals surface area contributed by atoms with Crippen molar-refractivity contribution in [2.75, 3.05) is 0 Å².